The van der Waals surface area contributed by atoms with Crippen LogP contribution in [0.15, 0.2) is 42.6 Å². The van der Waals surface area contributed by atoms with Gasteiger partial charge in [-0.05, 0) is 100 Å². The first-order valence-corrected chi connectivity index (χ1v) is 12.6. The number of ether oxygens (including phenoxy) is 3. The van der Waals surface area contributed by atoms with E-state index in [2.05, 4.69) is 18.0 Å². The number of carbonyl (C=O) groups is 1. The van der Waals surface area contributed by atoms with Crippen molar-refractivity contribution >= 4 is 16.8 Å². The summed E-state index contributed by atoms with van der Waals surface area (Å²) in [5.74, 6) is 2.16. The van der Waals surface area contributed by atoms with Crippen LogP contribution in [-0.2, 0) is 6.42 Å². The molecule has 1 unspecified atom stereocenters. The molecule has 1 atom stereocenters. The van der Waals surface area contributed by atoms with Gasteiger partial charge in [-0.1, -0.05) is 6.42 Å². The number of hydrogen-bond donors (Lipinski definition) is 0. The molecule has 0 radical (unpaired) electrons. The largest absolute Gasteiger partial charge is 0.490 e. The van der Waals surface area contributed by atoms with E-state index in [0.29, 0.717) is 29.2 Å². The molecule has 0 spiro atoms. The Labute approximate surface area is 200 Å². The predicted octanol–water partition coefficient (Wildman–Crippen LogP) is 5.41. The Balaban J connectivity index is 1.36. The van der Waals surface area contributed by atoms with E-state index in [1.54, 1.807) is 10.6 Å². The molecular formula is C28H32N2O4. The van der Waals surface area contributed by atoms with E-state index in [9.17, 15) is 4.79 Å². The van der Waals surface area contributed by atoms with E-state index in [1.165, 1.54) is 37.7 Å². The number of likely N-dealkylation sites (N-methyl/N-ethyl adjacent to an activating group) is 1. The third-order valence-electron chi connectivity index (χ3n) is 7.68. The Morgan fingerprint density at radius 2 is 1.85 bits per heavy atom. The maximum absolute atomic E-state index is 13.6. The Bertz CT molecular complexity index is 1210. The summed E-state index contributed by atoms with van der Waals surface area (Å²) in [7, 11) is 2.20. The summed E-state index contributed by atoms with van der Waals surface area (Å²) in [5, 5.41) is 1.11. The molecule has 1 saturated heterocycles. The lowest BCUT2D eigenvalue weighted by molar-refractivity contribution is 0.0964. The lowest BCUT2D eigenvalue weighted by Crippen LogP contribution is -2.26. The molecule has 34 heavy (non-hydrogen) atoms. The van der Waals surface area contributed by atoms with Crippen molar-refractivity contribution in [1.29, 1.82) is 0 Å². The van der Waals surface area contributed by atoms with Crippen molar-refractivity contribution in [3.63, 3.8) is 0 Å². The van der Waals surface area contributed by atoms with Crippen molar-refractivity contribution in [2.45, 2.75) is 63.5 Å². The summed E-state index contributed by atoms with van der Waals surface area (Å²) >= 11 is 0. The molecule has 2 aliphatic heterocycles. The molecule has 0 bridgehead atoms. The zero-order chi connectivity index (χ0) is 23.1. The SMILES string of the molecule is CN1CCCC1Cc1cn(C(=O)c2ccc3c(c2)OCO3)c2ccc(OC3CCCCC3)cc12. The lowest BCUT2D eigenvalue weighted by atomic mass is 9.98. The van der Waals surface area contributed by atoms with Gasteiger partial charge in [-0.15, -0.1) is 0 Å². The number of fused-ring (bicyclic) bond motifs is 2. The van der Waals surface area contributed by atoms with Gasteiger partial charge in [-0.3, -0.25) is 9.36 Å². The van der Waals surface area contributed by atoms with Crippen LogP contribution in [0, 0.1) is 0 Å². The van der Waals surface area contributed by atoms with E-state index >= 15 is 0 Å². The average molecular weight is 461 g/mol. The Hall–Kier alpha value is -2.99. The van der Waals surface area contributed by atoms with Gasteiger partial charge in [0.2, 0.25) is 6.79 Å². The summed E-state index contributed by atoms with van der Waals surface area (Å²) in [6.45, 7) is 1.33. The van der Waals surface area contributed by atoms with Gasteiger partial charge in [0.25, 0.3) is 5.91 Å². The second-order valence-electron chi connectivity index (χ2n) is 9.94. The van der Waals surface area contributed by atoms with Crippen LogP contribution in [0.3, 0.4) is 0 Å². The molecule has 3 aromatic rings. The van der Waals surface area contributed by atoms with Crippen LogP contribution < -0.4 is 14.2 Å². The minimum Gasteiger partial charge on any atom is -0.490 e. The number of benzene rings is 2. The van der Waals surface area contributed by atoms with Crippen molar-refractivity contribution in [1.82, 2.24) is 9.47 Å². The normalized spacial score (nSPS) is 20.8. The quantitative estimate of drug-likeness (QED) is 0.510. The molecule has 3 heterocycles. The lowest BCUT2D eigenvalue weighted by Gasteiger charge is -2.23. The maximum Gasteiger partial charge on any atom is 0.262 e. The summed E-state index contributed by atoms with van der Waals surface area (Å²) in [6, 6.07) is 12.1. The molecule has 1 aromatic heterocycles. The van der Waals surface area contributed by atoms with Gasteiger partial charge in [0.05, 0.1) is 11.6 Å². The van der Waals surface area contributed by atoms with E-state index in [-0.39, 0.29) is 12.7 Å². The zero-order valence-corrected chi connectivity index (χ0v) is 19.8. The molecule has 2 fully saturated rings. The van der Waals surface area contributed by atoms with Crippen molar-refractivity contribution in [3.8, 4) is 17.2 Å². The topological polar surface area (TPSA) is 52.9 Å². The van der Waals surface area contributed by atoms with Crippen molar-refractivity contribution < 1.29 is 19.0 Å². The van der Waals surface area contributed by atoms with Crippen LogP contribution in [-0.4, -0.2) is 47.9 Å². The summed E-state index contributed by atoms with van der Waals surface area (Å²) in [5.41, 5.74) is 2.72. The van der Waals surface area contributed by atoms with Gasteiger partial charge in [0.15, 0.2) is 11.5 Å². The smallest absolute Gasteiger partial charge is 0.262 e. The van der Waals surface area contributed by atoms with Gasteiger partial charge in [0, 0.05) is 23.2 Å². The van der Waals surface area contributed by atoms with Crippen LogP contribution in [0.5, 0.6) is 17.2 Å². The highest BCUT2D eigenvalue weighted by atomic mass is 16.7. The third-order valence-corrected chi connectivity index (χ3v) is 7.68. The standard InChI is InChI=1S/C28H32N2O4/c1-29-13-5-6-21(29)14-20-17-30(28(31)19-9-12-26-27(15-19)33-18-32-26)25-11-10-23(16-24(20)25)34-22-7-3-2-4-8-22/h9-12,15-17,21-22H,2-8,13-14,18H2,1H3. The molecule has 1 saturated carbocycles. The van der Waals surface area contributed by atoms with E-state index in [1.807, 2.05) is 30.5 Å². The van der Waals surface area contributed by atoms with Crippen LogP contribution in [0.1, 0.15) is 60.9 Å². The van der Waals surface area contributed by atoms with E-state index in [4.69, 9.17) is 14.2 Å². The second-order valence-corrected chi connectivity index (χ2v) is 9.94. The van der Waals surface area contributed by atoms with Gasteiger partial charge >= 0.3 is 0 Å². The Morgan fingerprint density at radius 1 is 1.00 bits per heavy atom. The summed E-state index contributed by atoms with van der Waals surface area (Å²) < 4.78 is 19.1. The first kappa shape index (κ1) is 21.5. The first-order valence-electron chi connectivity index (χ1n) is 12.6. The third kappa shape index (κ3) is 4.05. The summed E-state index contributed by atoms with van der Waals surface area (Å²) in [4.78, 5) is 16.0. The predicted molar refractivity (Wildman–Crippen MR) is 131 cm³/mol. The molecular weight excluding hydrogens is 428 g/mol. The number of rotatable bonds is 5. The summed E-state index contributed by atoms with van der Waals surface area (Å²) in [6.07, 6.45) is 11.7. The monoisotopic (exact) mass is 460 g/mol. The molecule has 3 aliphatic rings. The fourth-order valence-corrected chi connectivity index (χ4v) is 5.72. The molecule has 6 heteroatoms. The molecule has 1 aliphatic carbocycles. The van der Waals surface area contributed by atoms with Crippen LogP contribution in [0.25, 0.3) is 10.9 Å². The number of carbonyl (C=O) groups excluding carboxylic acids is 1. The molecule has 6 nitrogen and oxygen atoms in total. The Kier molecular flexibility index (Phi) is 5.69. The second kappa shape index (κ2) is 8.99. The van der Waals surface area contributed by atoms with Gasteiger partial charge in [-0.25, -0.2) is 0 Å². The number of nitrogens with zero attached hydrogens (tertiary/aromatic N) is 2. The molecule has 178 valence electrons. The van der Waals surface area contributed by atoms with Gasteiger partial charge in [0.1, 0.15) is 5.75 Å². The fourth-order valence-electron chi connectivity index (χ4n) is 5.72. The highest BCUT2D eigenvalue weighted by molar-refractivity contribution is 6.03. The van der Waals surface area contributed by atoms with Crippen LogP contribution >= 0.6 is 0 Å². The minimum atomic E-state index is -0.0599. The zero-order valence-electron chi connectivity index (χ0n) is 19.8. The van der Waals surface area contributed by atoms with Crippen LogP contribution in [0.4, 0.5) is 0 Å². The number of likely N-dealkylation sites (tertiary alicyclic amines) is 1. The fraction of sp³-hybridized carbons (Fsp3) is 0.464. The molecule has 6 rings (SSSR count). The van der Waals surface area contributed by atoms with Crippen molar-refractivity contribution in [2.24, 2.45) is 0 Å². The number of aromatic nitrogens is 1. The van der Waals surface area contributed by atoms with E-state index < -0.39 is 0 Å². The maximum atomic E-state index is 13.6. The van der Waals surface area contributed by atoms with Crippen molar-refractivity contribution in [3.05, 3.63) is 53.7 Å². The van der Waals surface area contributed by atoms with E-state index in [0.717, 1.165) is 42.5 Å². The molecule has 0 amide bonds. The average Bonchev–Trinajstić information content (AvgIpc) is 3.58. The van der Waals surface area contributed by atoms with Crippen LogP contribution in [0.2, 0.25) is 0 Å². The Morgan fingerprint density at radius 3 is 2.68 bits per heavy atom. The highest BCUT2D eigenvalue weighted by Crippen LogP contribution is 2.35. The number of hydrogen-bond acceptors (Lipinski definition) is 5. The van der Waals surface area contributed by atoms with Gasteiger partial charge in [-0.2, -0.15) is 0 Å². The first-order chi connectivity index (χ1) is 16.7. The minimum absolute atomic E-state index is 0.0599. The van der Waals surface area contributed by atoms with Gasteiger partial charge < -0.3 is 19.1 Å². The highest BCUT2D eigenvalue weighted by Gasteiger charge is 2.25. The molecule has 0 N–H and O–H groups in total. The molecule has 2 aromatic carbocycles. The van der Waals surface area contributed by atoms with Crippen molar-refractivity contribution in [2.75, 3.05) is 20.4 Å².